The van der Waals surface area contributed by atoms with Gasteiger partial charge in [0.25, 0.3) is 5.91 Å². The van der Waals surface area contributed by atoms with Crippen LogP contribution >= 0.6 is 22.9 Å². The molecule has 3 aromatic rings. The van der Waals surface area contributed by atoms with Gasteiger partial charge in [-0.2, -0.15) is 0 Å². The van der Waals surface area contributed by atoms with E-state index in [1.54, 1.807) is 6.07 Å². The largest absolute Gasteiger partial charge is 0.494 e. The molecule has 0 aliphatic rings. The monoisotopic (exact) mass is 363 g/mol. The van der Waals surface area contributed by atoms with Gasteiger partial charge in [0.1, 0.15) is 0 Å². The van der Waals surface area contributed by atoms with Crippen molar-refractivity contribution in [2.24, 2.45) is 0 Å². The van der Waals surface area contributed by atoms with Gasteiger partial charge in [0, 0.05) is 11.1 Å². The molecule has 0 radical (unpaired) electrons. The first-order valence-corrected chi connectivity index (χ1v) is 8.01. The van der Waals surface area contributed by atoms with Crippen molar-refractivity contribution in [3.8, 4) is 16.3 Å². The molecule has 0 atom stereocenters. The first-order valence-electron chi connectivity index (χ1n) is 6.82. The van der Waals surface area contributed by atoms with E-state index in [-0.39, 0.29) is 11.3 Å². The van der Waals surface area contributed by atoms with Crippen LogP contribution in [0, 0.1) is 5.82 Å². The maximum absolute atomic E-state index is 13.7. The lowest BCUT2D eigenvalue weighted by molar-refractivity contribution is 0.102. The minimum atomic E-state index is -0.612. The van der Waals surface area contributed by atoms with Gasteiger partial charge in [0.2, 0.25) is 5.13 Å². The number of amides is 1. The lowest BCUT2D eigenvalue weighted by Gasteiger charge is -2.04. The molecule has 122 valence electrons. The molecular formula is C16H11ClFN3O2S. The average molecular weight is 364 g/mol. The highest BCUT2D eigenvalue weighted by atomic mass is 35.5. The van der Waals surface area contributed by atoms with Gasteiger partial charge in [0.05, 0.1) is 12.1 Å². The van der Waals surface area contributed by atoms with Crippen LogP contribution in [-0.2, 0) is 0 Å². The van der Waals surface area contributed by atoms with Gasteiger partial charge in [-0.05, 0) is 24.3 Å². The Bertz CT molecular complexity index is 901. The Morgan fingerprint density at radius 3 is 2.75 bits per heavy atom. The van der Waals surface area contributed by atoms with E-state index in [0.717, 1.165) is 11.6 Å². The summed E-state index contributed by atoms with van der Waals surface area (Å²) < 4.78 is 18.5. The second-order valence-corrected chi connectivity index (χ2v) is 6.08. The number of ether oxygens (including phenoxy) is 1. The van der Waals surface area contributed by atoms with E-state index in [4.69, 9.17) is 16.3 Å². The first kappa shape index (κ1) is 16.4. The van der Waals surface area contributed by atoms with Crippen LogP contribution in [0.2, 0.25) is 5.02 Å². The molecule has 0 aliphatic heterocycles. The number of carbonyl (C=O) groups excluding carboxylic acids is 1. The van der Waals surface area contributed by atoms with Gasteiger partial charge in [-0.15, -0.1) is 10.2 Å². The zero-order valence-corrected chi connectivity index (χ0v) is 14.0. The number of nitrogens with one attached hydrogen (secondary N) is 1. The summed E-state index contributed by atoms with van der Waals surface area (Å²) in [5.74, 6) is -1.03. The average Bonchev–Trinajstić information content (AvgIpc) is 3.03. The minimum absolute atomic E-state index is 0.0727. The fourth-order valence-electron chi connectivity index (χ4n) is 1.99. The summed E-state index contributed by atoms with van der Waals surface area (Å²) in [7, 11) is 1.36. The molecule has 0 aliphatic carbocycles. The van der Waals surface area contributed by atoms with Gasteiger partial charge < -0.3 is 4.74 Å². The Morgan fingerprint density at radius 2 is 2.04 bits per heavy atom. The van der Waals surface area contributed by atoms with E-state index in [9.17, 15) is 9.18 Å². The van der Waals surface area contributed by atoms with Crippen molar-refractivity contribution in [3.63, 3.8) is 0 Å². The van der Waals surface area contributed by atoms with E-state index < -0.39 is 11.7 Å². The number of anilines is 1. The molecule has 0 fully saturated rings. The number of rotatable bonds is 4. The second-order valence-electron chi connectivity index (χ2n) is 4.70. The Morgan fingerprint density at radius 1 is 1.25 bits per heavy atom. The van der Waals surface area contributed by atoms with Crippen LogP contribution in [0.5, 0.6) is 5.75 Å². The number of methoxy groups -OCH3 is 1. The quantitative estimate of drug-likeness (QED) is 0.752. The predicted molar refractivity (Wildman–Crippen MR) is 91.3 cm³/mol. The maximum Gasteiger partial charge on any atom is 0.257 e. The molecule has 0 saturated heterocycles. The molecule has 8 heteroatoms. The zero-order chi connectivity index (χ0) is 17.1. The lowest BCUT2D eigenvalue weighted by Crippen LogP contribution is -2.12. The highest BCUT2D eigenvalue weighted by Gasteiger charge is 2.14. The smallest absolute Gasteiger partial charge is 0.257 e. The van der Waals surface area contributed by atoms with Gasteiger partial charge in [-0.1, -0.05) is 41.1 Å². The third-order valence-electron chi connectivity index (χ3n) is 3.16. The highest BCUT2D eigenvalue weighted by molar-refractivity contribution is 7.18. The molecule has 1 heterocycles. The molecule has 1 amide bonds. The molecule has 3 rings (SSSR count). The normalized spacial score (nSPS) is 10.5. The summed E-state index contributed by atoms with van der Waals surface area (Å²) in [6.07, 6.45) is 0. The molecule has 2 aromatic carbocycles. The first-order chi connectivity index (χ1) is 11.6. The number of aromatic nitrogens is 2. The summed E-state index contributed by atoms with van der Waals surface area (Å²) in [6.45, 7) is 0. The lowest BCUT2D eigenvalue weighted by atomic mass is 10.2. The summed E-state index contributed by atoms with van der Waals surface area (Å²) in [5, 5.41) is 11.9. The van der Waals surface area contributed by atoms with E-state index >= 15 is 0 Å². The van der Waals surface area contributed by atoms with Crippen LogP contribution < -0.4 is 10.1 Å². The number of carbonyl (C=O) groups is 1. The van der Waals surface area contributed by atoms with Crippen LogP contribution in [0.4, 0.5) is 9.52 Å². The Labute approximate surface area is 146 Å². The maximum atomic E-state index is 13.7. The van der Waals surface area contributed by atoms with Crippen molar-refractivity contribution in [2.45, 2.75) is 0 Å². The number of hydrogen-bond acceptors (Lipinski definition) is 5. The Kier molecular flexibility index (Phi) is 4.73. The van der Waals surface area contributed by atoms with E-state index in [0.29, 0.717) is 15.2 Å². The van der Waals surface area contributed by atoms with Crippen LogP contribution in [0.3, 0.4) is 0 Å². The second kappa shape index (κ2) is 6.94. The molecule has 24 heavy (non-hydrogen) atoms. The number of benzene rings is 2. The molecule has 1 N–H and O–H groups in total. The Balaban J connectivity index is 1.78. The van der Waals surface area contributed by atoms with Crippen LogP contribution in [0.15, 0.2) is 42.5 Å². The van der Waals surface area contributed by atoms with Crippen molar-refractivity contribution in [1.82, 2.24) is 10.2 Å². The molecule has 0 unspecified atom stereocenters. The van der Waals surface area contributed by atoms with E-state index in [2.05, 4.69) is 15.5 Å². The highest BCUT2D eigenvalue weighted by Crippen LogP contribution is 2.31. The van der Waals surface area contributed by atoms with E-state index in [1.807, 2.05) is 18.2 Å². The Hall–Kier alpha value is -2.51. The van der Waals surface area contributed by atoms with Gasteiger partial charge >= 0.3 is 0 Å². The third-order valence-corrected chi connectivity index (χ3v) is 4.37. The summed E-state index contributed by atoms with van der Waals surface area (Å²) in [4.78, 5) is 12.2. The predicted octanol–water partition coefficient (Wildman–Crippen LogP) is 4.26. The fourth-order valence-corrected chi connectivity index (χ4v) is 3.05. The van der Waals surface area contributed by atoms with Gasteiger partial charge in [0.15, 0.2) is 16.6 Å². The fraction of sp³-hybridized carbons (Fsp3) is 0.0625. The van der Waals surface area contributed by atoms with Crippen molar-refractivity contribution in [1.29, 1.82) is 0 Å². The van der Waals surface area contributed by atoms with Crippen molar-refractivity contribution >= 4 is 34.0 Å². The summed E-state index contributed by atoms with van der Waals surface area (Å²) >= 11 is 7.29. The van der Waals surface area contributed by atoms with Crippen LogP contribution in [-0.4, -0.2) is 23.2 Å². The molecule has 0 bridgehead atoms. The van der Waals surface area contributed by atoms with Crippen molar-refractivity contribution in [2.75, 3.05) is 12.4 Å². The van der Waals surface area contributed by atoms with Crippen LogP contribution in [0.25, 0.3) is 10.6 Å². The van der Waals surface area contributed by atoms with Crippen molar-refractivity contribution in [3.05, 3.63) is 58.9 Å². The molecule has 0 saturated carbocycles. The third kappa shape index (κ3) is 3.37. The van der Waals surface area contributed by atoms with Gasteiger partial charge in [-0.25, -0.2) is 4.39 Å². The number of halogens is 2. The number of nitrogens with zero attached hydrogens (tertiary/aromatic N) is 2. The summed E-state index contributed by atoms with van der Waals surface area (Å²) in [6, 6.07) is 11.2. The topological polar surface area (TPSA) is 64.1 Å². The summed E-state index contributed by atoms with van der Waals surface area (Å²) in [5.41, 5.74) is 0.885. The minimum Gasteiger partial charge on any atom is -0.494 e. The van der Waals surface area contributed by atoms with Crippen molar-refractivity contribution < 1.29 is 13.9 Å². The molecule has 1 aromatic heterocycles. The number of hydrogen-bond donors (Lipinski definition) is 1. The molecule has 0 spiro atoms. The zero-order valence-electron chi connectivity index (χ0n) is 12.4. The molecule has 5 nitrogen and oxygen atoms in total. The standard InChI is InChI=1S/C16H11ClFN3O2S/c1-23-13-7-6-9(8-12(13)18)14(22)19-16-21-20-15(24-16)10-4-2-3-5-11(10)17/h2-8H,1H3,(H,19,21,22). The van der Waals surface area contributed by atoms with Crippen LogP contribution in [0.1, 0.15) is 10.4 Å². The molecular weight excluding hydrogens is 353 g/mol. The van der Waals surface area contributed by atoms with Gasteiger partial charge in [-0.3, -0.25) is 10.1 Å². The SMILES string of the molecule is COc1ccc(C(=O)Nc2nnc(-c3ccccc3Cl)s2)cc1F. The van der Waals surface area contributed by atoms with E-state index in [1.165, 1.54) is 30.6 Å².